The van der Waals surface area contributed by atoms with Gasteiger partial charge in [0, 0.05) is 22.3 Å². The average Bonchev–Trinajstić information content (AvgIpc) is 2.27. The maximum atomic E-state index is 9.20. The quantitative estimate of drug-likeness (QED) is 0.705. The van der Waals surface area contributed by atoms with Crippen molar-refractivity contribution < 1.29 is 5.11 Å². The number of hydrogen-bond donors (Lipinski definition) is 1. The van der Waals surface area contributed by atoms with Gasteiger partial charge in [-0.3, -0.25) is 4.98 Å². The Kier molecular flexibility index (Phi) is 3.09. The van der Waals surface area contributed by atoms with E-state index in [-0.39, 0.29) is 5.75 Å². The Morgan fingerprint density at radius 2 is 1.88 bits per heavy atom. The van der Waals surface area contributed by atoms with Crippen molar-refractivity contribution in [1.29, 1.82) is 0 Å². The number of aromatic nitrogens is 1. The molecule has 0 aliphatic rings. The van der Waals surface area contributed by atoms with Crippen LogP contribution in [0.1, 0.15) is 11.1 Å². The highest BCUT2D eigenvalue weighted by Gasteiger charge is 1.91. The molecule has 0 aliphatic heterocycles. The third kappa shape index (κ3) is 2.75. The molecule has 16 heavy (non-hydrogen) atoms. The molecule has 1 heterocycles. The molecule has 78 valence electrons. The van der Waals surface area contributed by atoms with Crippen LogP contribution in [-0.2, 0) is 0 Å². The van der Waals surface area contributed by atoms with Crippen LogP contribution in [-0.4, -0.2) is 10.1 Å². The topological polar surface area (TPSA) is 33.1 Å². The highest BCUT2D eigenvalue weighted by Crippen LogP contribution is 2.10. The van der Waals surface area contributed by atoms with Gasteiger partial charge in [0.2, 0.25) is 0 Å². The number of rotatable bonds is 0. The molecule has 0 atom stereocenters. The second-order valence-electron chi connectivity index (χ2n) is 3.19. The Morgan fingerprint density at radius 1 is 1.06 bits per heavy atom. The number of halogens is 1. The summed E-state index contributed by atoms with van der Waals surface area (Å²) in [4.78, 5) is 3.84. The lowest BCUT2D eigenvalue weighted by molar-refractivity contribution is 0.472. The van der Waals surface area contributed by atoms with E-state index in [0.29, 0.717) is 10.6 Å². The lowest BCUT2D eigenvalue weighted by Gasteiger charge is -1.92. The maximum absolute atomic E-state index is 9.20. The number of hydrogen-bond acceptors (Lipinski definition) is 2. The highest BCUT2D eigenvalue weighted by atomic mass is 35.5. The number of pyridine rings is 1. The van der Waals surface area contributed by atoms with E-state index in [9.17, 15) is 5.11 Å². The van der Waals surface area contributed by atoms with Gasteiger partial charge in [0.05, 0.1) is 6.20 Å². The molecule has 2 nitrogen and oxygen atoms in total. The molecular formula is C13H8ClNO. The summed E-state index contributed by atoms with van der Waals surface area (Å²) in [5.74, 6) is 5.95. The third-order valence-electron chi connectivity index (χ3n) is 1.90. The van der Waals surface area contributed by atoms with Crippen molar-refractivity contribution in [3.8, 4) is 17.6 Å². The molecule has 3 heteroatoms. The Labute approximate surface area is 98.5 Å². The molecule has 0 amide bonds. The summed E-state index contributed by atoms with van der Waals surface area (Å²) in [6, 6.07) is 8.85. The second kappa shape index (κ2) is 4.69. The Morgan fingerprint density at radius 3 is 2.62 bits per heavy atom. The maximum Gasteiger partial charge on any atom is 0.135 e. The van der Waals surface area contributed by atoms with Crippen LogP contribution in [0.5, 0.6) is 5.75 Å². The molecule has 0 bridgehead atoms. The van der Waals surface area contributed by atoms with Crippen molar-refractivity contribution in [3.63, 3.8) is 0 Å². The first-order chi connectivity index (χ1) is 7.74. The molecule has 0 aliphatic carbocycles. The minimum Gasteiger partial charge on any atom is -0.506 e. The van der Waals surface area contributed by atoms with Gasteiger partial charge < -0.3 is 5.11 Å². The zero-order valence-corrected chi connectivity index (χ0v) is 9.07. The standard InChI is InChI=1S/C13H8ClNO/c14-12-3-1-2-10(6-12)4-5-11-7-13(16)9-15-8-11/h1-3,6-9,16H. The molecule has 2 aromatic rings. The van der Waals surface area contributed by atoms with Gasteiger partial charge in [0.1, 0.15) is 5.75 Å². The van der Waals surface area contributed by atoms with Gasteiger partial charge in [-0.1, -0.05) is 29.5 Å². The summed E-state index contributed by atoms with van der Waals surface area (Å²) < 4.78 is 0. The zero-order valence-electron chi connectivity index (χ0n) is 8.31. The molecular weight excluding hydrogens is 222 g/mol. The fourth-order valence-electron chi connectivity index (χ4n) is 1.21. The van der Waals surface area contributed by atoms with Crippen LogP contribution in [0.3, 0.4) is 0 Å². The van der Waals surface area contributed by atoms with E-state index in [1.807, 2.05) is 12.1 Å². The van der Waals surface area contributed by atoms with Crippen molar-refractivity contribution in [2.45, 2.75) is 0 Å². The van der Waals surface area contributed by atoms with Crippen molar-refractivity contribution >= 4 is 11.6 Å². The normalized spacial score (nSPS) is 9.31. The Bertz CT molecular complexity index is 520. The number of aromatic hydroxyl groups is 1. The summed E-state index contributed by atoms with van der Waals surface area (Å²) in [7, 11) is 0. The van der Waals surface area contributed by atoms with Gasteiger partial charge >= 0.3 is 0 Å². The molecule has 1 aromatic carbocycles. The van der Waals surface area contributed by atoms with Crippen LogP contribution >= 0.6 is 11.6 Å². The van der Waals surface area contributed by atoms with Crippen LogP contribution in [0.4, 0.5) is 0 Å². The summed E-state index contributed by atoms with van der Waals surface area (Å²) in [5.41, 5.74) is 1.50. The molecule has 1 aromatic heterocycles. The number of nitrogens with zero attached hydrogens (tertiary/aromatic N) is 1. The van der Waals surface area contributed by atoms with Crippen molar-refractivity contribution in [2.75, 3.05) is 0 Å². The van der Waals surface area contributed by atoms with Crippen molar-refractivity contribution in [1.82, 2.24) is 4.98 Å². The molecule has 0 fully saturated rings. The fraction of sp³-hybridized carbons (Fsp3) is 0. The lowest BCUT2D eigenvalue weighted by atomic mass is 10.2. The van der Waals surface area contributed by atoms with Gasteiger partial charge in [-0.2, -0.15) is 0 Å². The van der Waals surface area contributed by atoms with E-state index in [1.165, 1.54) is 6.20 Å². The van der Waals surface area contributed by atoms with Gasteiger partial charge in [-0.15, -0.1) is 0 Å². The van der Waals surface area contributed by atoms with E-state index in [1.54, 1.807) is 24.4 Å². The van der Waals surface area contributed by atoms with E-state index < -0.39 is 0 Å². The van der Waals surface area contributed by atoms with E-state index >= 15 is 0 Å². The predicted molar refractivity (Wildman–Crippen MR) is 63.3 cm³/mol. The molecule has 0 spiro atoms. The SMILES string of the molecule is Oc1cncc(C#Cc2cccc(Cl)c2)c1. The van der Waals surface area contributed by atoms with Gasteiger partial charge in [-0.05, 0) is 24.3 Å². The minimum atomic E-state index is 0.109. The fourth-order valence-corrected chi connectivity index (χ4v) is 1.40. The van der Waals surface area contributed by atoms with Crippen LogP contribution in [0.25, 0.3) is 0 Å². The van der Waals surface area contributed by atoms with Crippen molar-refractivity contribution in [3.05, 3.63) is 58.9 Å². The lowest BCUT2D eigenvalue weighted by Crippen LogP contribution is -1.78. The monoisotopic (exact) mass is 229 g/mol. The average molecular weight is 230 g/mol. The summed E-state index contributed by atoms with van der Waals surface area (Å²) in [6.45, 7) is 0. The molecule has 1 N–H and O–H groups in total. The molecule has 0 unspecified atom stereocenters. The second-order valence-corrected chi connectivity index (χ2v) is 3.63. The largest absolute Gasteiger partial charge is 0.506 e. The molecule has 0 saturated heterocycles. The summed E-state index contributed by atoms with van der Waals surface area (Å²) in [5, 5.41) is 9.86. The third-order valence-corrected chi connectivity index (χ3v) is 2.13. The molecule has 0 saturated carbocycles. The summed E-state index contributed by atoms with van der Waals surface area (Å²) in [6.07, 6.45) is 2.96. The first-order valence-electron chi connectivity index (χ1n) is 4.66. The first-order valence-corrected chi connectivity index (χ1v) is 5.03. The van der Waals surface area contributed by atoms with E-state index in [0.717, 1.165) is 5.56 Å². The predicted octanol–water partition coefficient (Wildman–Crippen LogP) is 2.84. The Hall–Kier alpha value is -1.98. The van der Waals surface area contributed by atoms with Crippen LogP contribution in [0, 0.1) is 11.8 Å². The van der Waals surface area contributed by atoms with Gasteiger partial charge in [0.15, 0.2) is 0 Å². The van der Waals surface area contributed by atoms with E-state index in [4.69, 9.17) is 11.6 Å². The van der Waals surface area contributed by atoms with Crippen LogP contribution < -0.4 is 0 Å². The molecule has 0 radical (unpaired) electrons. The van der Waals surface area contributed by atoms with E-state index in [2.05, 4.69) is 16.8 Å². The smallest absolute Gasteiger partial charge is 0.135 e. The minimum absolute atomic E-state index is 0.109. The van der Waals surface area contributed by atoms with Crippen LogP contribution in [0.15, 0.2) is 42.7 Å². The summed E-state index contributed by atoms with van der Waals surface area (Å²) >= 11 is 5.83. The van der Waals surface area contributed by atoms with Crippen LogP contribution in [0.2, 0.25) is 5.02 Å². The van der Waals surface area contributed by atoms with Gasteiger partial charge in [-0.25, -0.2) is 0 Å². The van der Waals surface area contributed by atoms with Crippen molar-refractivity contribution in [2.24, 2.45) is 0 Å². The highest BCUT2D eigenvalue weighted by molar-refractivity contribution is 6.30. The van der Waals surface area contributed by atoms with Gasteiger partial charge in [0.25, 0.3) is 0 Å². The Balaban J connectivity index is 2.28. The number of benzene rings is 1. The molecule has 2 rings (SSSR count). The first kappa shape index (κ1) is 10.5. The zero-order chi connectivity index (χ0) is 11.4.